The molecule has 8 nitrogen and oxygen atoms in total. The molecule has 0 saturated carbocycles. The summed E-state index contributed by atoms with van der Waals surface area (Å²) in [6.07, 6.45) is 1.08. The zero-order valence-corrected chi connectivity index (χ0v) is 15.4. The number of benzene rings is 1. The molecular formula is C17H19N2O6S-. The van der Waals surface area contributed by atoms with Gasteiger partial charge in [0, 0.05) is 0 Å². The molecule has 140 valence electrons. The van der Waals surface area contributed by atoms with E-state index in [1.807, 2.05) is 39.0 Å². The van der Waals surface area contributed by atoms with Crippen molar-refractivity contribution in [2.45, 2.75) is 31.8 Å². The molecule has 0 spiro atoms. The van der Waals surface area contributed by atoms with Crippen LogP contribution in [0.2, 0.25) is 0 Å². The zero-order chi connectivity index (χ0) is 19.3. The first-order chi connectivity index (χ1) is 12.2. The van der Waals surface area contributed by atoms with Crippen molar-refractivity contribution in [3.63, 3.8) is 0 Å². The maximum absolute atomic E-state index is 11.8. The average molecular weight is 379 g/mol. The van der Waals surface area contributed by atoms with E-state index in [2.05, 4.69) is 10.5 Å². The standard InChI is InChI=1S/C17H20N2O6S/c1-11(2)14-6-4-12(3)8-15(14)24-10-16(20)19-18-9-13-5-7-17(25-13)26(21,22)23/h4-9,11H,10H2,1-3H3,(H,19,20)(H,21,22,23)/p-1/b18-9+. The van der Waals surface area contributed by atoms with Gasteiger partial charge >= 0.3 is 0 Å². The first-order valence-electron chi connectivity index (χ1n) is 7.78. The Kier molecular flexibility index (Phi) is 6.17. The van der Waals surface area contributed by atoms with Crippen molar-refractivity contribution in [2.75, 3.05) is 6.61 Å². The fraction of sp³-hybridized carbons (Fsp3) is 0.294. The van der Waals surface area contributed by atoms with Crippen molar-refractivity contribution in [3.8, 4) is 5.75 Å². The van der Waals surface area contributed by atoms with Crippen LogP contribution in [0.4, 0.5) is 0 Å². The van der Waals surface area contributed by atoms with E-state index in [-0.39, 0.29) is 18.3 Å². The van der Waals surface area contributed by atoms with Gasteiger partial charge in [-0.05, 0) is 42.2 Å². The predicted molar refractivity (Wildman–Crippen MR) is 93.2 cm³/mol. The van der Waals surface area contributed by atoms with E-state index in [0.717, 1.165) is 23.4 Å². The van der Waals surface area contributed by atoms with E-state index in [4.69, 9.17) is 9.15 Å². The number of ether oxygens (including phenoxy) is 1. The molecule has 1 amide bonds. The van der Waals surface area contributed by atoms with Gasteiger partial charge in [-0.1, -0.05) is 26.0 Å². The van der Waals surface area contributed by atoms with Crippen molar-refractivity contribution in [1.82, 2.24) is 5.43 Å². The van der Waals surface area contributed by atoms with Crippen LogP contribution in [-0.4, -0.2) is 31.7 Å². The summed E-state index contributed by atoms with van der Waals surface area (Å²) in [4.78, 5) is 11.8. The molecule has 1 aromatic heterocycles. The molecule has 0 saturated heterocycles. The maximum atomic E-state index is 11.8. The number of amides is 1. The van der Waals surface area contributed by atoms with Crippen molar-refractivity contribution < 1.29 is 26.9 Å². The monoisotopic (exact) mass is 379 g/mol. The topological polar surface area (TPSA) is 121 Å². The smallest absolute Gasteiger partial charge is 0.277 e. The summed E-state index contributed by atoms with van der Waals surface area (Å²) in [7, 11) is -4.66. The summed E-state index contributed by atoms with van der Waals surface area (Å²) in [5, 5.41) is 2.92. The van der Waals surface area contributed by atoms with Gasteiger partial charge in [0.05, 0.1) is 6.21 Å². The summed E-state index contributed by atoms with van der Waals surface area (Å²) in [5.74, 6) is 0.398. The molecule has 0 fully saturated rings. The molecule has 0 aliphatic carbocycles. The van der Waals surface area contributed by atoms with Crippen molar-refractivity contribution in [1.29, 1.82) is 0 Å². The molecule has 0 aliphatic rings. The molecular weight excluding hydrogens is 360 g/mol. The highest BCUT2D eigenvalue weighted by atomic mass is 32.2. The second kappa shape index (κ2) is 8.15. The summed E-state index contributed by atoms with van der Waals surface area (Å²) in [5.41, 5.74) is 4.24. The van der Waals surface area contributed by atoms with Gasteiger partial charge in [-0.2, -0.15) is 5.10 Å². The Hall–Kier alpha value is -2.65. The quantitative estimate of drug-likeness (QED) is 0.447. The number of nitrogens with one attached hydrogen (secondary N) is 1. The number of rotatable bonds is 7. The van der Waals surface area contributed by atoms with E-state index < -0.39 is 21.1 Å². The van der Waals surface area contributed by atoms with Gasteiger partial charge in [0.25, 0.3) is 5.91 Å². The summed E-state index contributed by atoms with van der Waals surface area (Å²) in [6, 6.07) is 8.06. The van der Waals surface area contributed by atoms with E-state index in [1.54, 1.807) is 0 Å². The van der Waals surface area contributed by atoms with Gasteiger partial charge in [-0.25, -0.2) is 13.8 Å². The van der Waals surface area contributed by atoms with E-state index >= 15 is 0 Å². The van der Waals surface area contributed by atoms with Gasteiger partial charge in [-0.15, -0.1) is 0 Å². The number of carbonyl (C=O) groups is 1. The minimum Gasteiger partial charge on any atom is -0.742 e. The molecule has 0 atom stereocenters. The Morgan fingerprint density at radius 3 is 2.69 bits per heavy atom. The maximum Gasteiger partial charge on any atom is 0.277 e. The predicted octanol–water partition coefficient (Wildman–Crippen LogP) is 2.14. The lowest BCUT2D eigenvalue weighted by Gasteiger charge is -2.14. The SMILES string of the molecule is Cc1ccc(C(C)C)c(OCC(=O)N/N=C/c2ccc(S(=O)(=O)[O-])o2)c1. The lowest BCUT2D eigenvalue weighted by molar-refractivity contribution is -0.123. The van der Waals surface area contributed by atoms with E-state index in [1.165, 1.54) is 6.07 Å². The molecule has 0 unspecified atom stereocenters. The molecule has 1 N–H and O–H groups in total. The number of aryl methyl sites for hydroxylation is 1. The van der Waals surface area contributed by atoms with Crippen LogP contribution >= 0.6 is 0 Å². The highest BCUT2D eigenvalue weighted by Crippen LogP contribution is 2.27. The van der Waals surface area contributed by atoms with Crippen molar-refractivity contribution in [3.05, 3.63) is 47.2 Å². The number of hydrogen-bond acceptors (Lipinski definition) is 7. The van der Waals surface area contributed by atoms with Crippen LogP contribution in [-0.2, 0) is 14.9 Å². The third kappa shape index (κ3) is 5.43. The number of hydrazone groups is 1. The number of carbonyl (C=O) groups excluding carboxylic acids is 1. The Balaban J connectivity index is 1.92. The Bertz CT molecular complexity index is 915. The lowest BCUT2D eigenvalue weighted by Crippen LogP contribution is -2.24. The van der Waals surface area contributed by atoms with Crippen LogP contribution in [0.1, 0.15) is 36.7 Å². The first-order valence-corrected chi connectivity index (χ1v) is 9.18. The largest absolute Gasteiger partial charge is 0.742 e. The molecule has 2 rings (SSSR count). The Labute approximate surface area is 151 Å². The third-order valence-corrected chi connectivity index (χ3v) is 4.09. The van der Waals surface area contributed by atoms with Crippen LogP contribution in [0.15, 0.2) is 44.9 Å². The molecule has 1 heterocycles. The lowest BCUT2D eigenvalue weighted by atomic mass is 10.0. The van der Waals surface area contributed by atoms with Crippen LogP contribution in [0.5, 0.6) is 5.75 Å². The minimum absolute atomic E-state index is 0.0152. The number of nitrogens with zero attached hydrogens (tertiary/aromatic N) is 1. The molecule has 0 aliphatic heterocycles. The van der Waals surface area contributed by atoms with Crippen LogP contribution in [0.25, 0.3) is 0 Å². The minimum atomic E-state index is -4.66. The van der Waals surface area contributed by atoms with Gasteiger partial charge in [0.2, 0.25) is 5.09 Å². The van der Waals surface area contributed by atoms with E-state index in [9.17, 15) is 17.8 Å². The highest BCUT2D eigenvalue weighted by Gasteiger charge is 2.10. The van der Waals surface area contributed by atoms with Gasteiger partial charge in [0.1, 0.15) is 11.5 Å². The molecule has 2 aromatic rings. The fourth-order valence-corrected chi connectivity index (χ4v) is 2.56. The molecule has 26 heavy (non-hydrogen) atoms. The Morgan fingerprint density at radius 2 is 2.08 bits per heavy atom. The normalized spacial score (nSPS) is 11.9. The van der Waals surface area contributed by atoms with Crippen LogP contribution < -0.4 is 10.2 Å². The van der Waals surface area contributed by atoms with Gasteiger partial charge < -0.3 is 13.7 Å². The van der Waals surface area contributed by atoms with E-state index in [0.29, 0.717) is 5.75 Å². The number of furan rings is 1. The number of hydrogen-bond donors (Lipinski definition) is 1. The highest BCUT2D eigenvalue weighted by molar-refractivity contribution is 7.85. The fourth-order valence-electron chi connectivity index (χ4n) is 2.13. The summed E-state index contributed by atoms with van der Waals surface area (Å²) >= 11 is 0. The third-order valence-electron chi connectivity index (χ3n) is 3.38. The zero-order valence-electron chi connectivity index (χ0n) is 14.6. The summed E-state index contributed by atoms with van der Waals surface area (Å²) < 4.78 is 42.6. The van der Waals surface area contributed by atoms with Crippen LogP contribution in [0.3, 0.4) is 0 Å². The van der Waals surface area contributed by atoms with Crippen LogP contribution in [0, 0.1) is 6.92 Å². The second-order valence-corrected chi connectivity index (χ2v) is 7.20. The Morgan fingerprint density at radius 1 is 1.35 bits per heavy atom. The first kappa shape index (κ1) is 19.7. The van der Waals surface area contributed by atoms with Gasteiger partial charge in [0.15, 0.2) is 16.7 Å². The van der Waals surface area contributed by atoms with Crippen molar-refractivity contribution >= 4 is 22.2 Å². The molecule has 0 radical (unpaired) electrons. The van der Waals surface area contributed by atoms with Crippen molar-refractivity contribution in [2.24, 2.45) is 5.10 Å². The molecule has 0 bridgehead atoms. The average Bonchev–Trinajstić information content (AvgIpc) is 3.02. The second-order valence-electron chi connectivity index (χ2n) is 5.89. The summed E-state index contributed by atoms with van der Waals surface area (Å²) in [6.45, 7) is 5.75. The molecule has 9 heteroatoms. The molecule has 1 aromatic carbocycles. The van der Waals surface area contributed by atoms with Gasteiger partial charge in [-0.3, -0.25) is 4.79 Å².